The third-order valence-corrected chi connectivity index (χ3v) is 1.98. The van der Waals surface area contributed by atoms with Crippen LogP contribution in [0.3, 0.4) is 0 Å². The molecular formula is C12H16N2O3. The molecule has 0 heterocycles. The molecule has 5 nitrogen and oxygen atoms in total. The van der Waals surface area contributed by atoms with Gasteiger partial charge < -0.3 is 15.4 Å². The number of nitrogens with one attached hydrogen (secondary N) is 2. The number of amides is 2. The number of para-hydroxylation sites is 2. The zero-order chi connectivity index (χ0) is 12.8. The predicted octanol–water partition coefficient (Wildman–Crippen LogP) is 1.16. The minimum absolute atomic E-state index is 0.0779. The summed E-state index contributed by atoms with van der Waals surface area (Å²) in [4.78, 5) is 22.9. The van der Waals surface area contributed by atoms with Crippen molar-refractivity contribution in [2.75, 3.05) is 12.4 Å². The molecule has 0 bridgehead atoms. The van der Waals surface area contributed by atoms with E-state index in [1.54, 1.807) is 38.1 Å². The van der Waals surface area contributed by atoms with Gasteiger partial charge in [0.1, 0.15) is 5.75 Å². The van der Waals surface area contributed by atoms with Gasteiger partial charge in [-0.25, -0.2) is 0 Å². The summed E-state index contributed by atoms with van der Waals surface area (Å²) in [6.45, 7) is 3.57. The van der Waals surface area contributed by atoms with Crippen molar-refractivity contribution in [1.29, 1.82) is 0 Å². The van der Waals surface area contributed by atoms with E-state index in [2.05, 4.69) is 10.6 Å². The average molecular weight is 236 g/mol. The summed E-state index contributed by atoms with van der Waals surface area (Å²) in [7, 11) is 1.50. The molecule has 1 aromatic carbocycles. The SMILES string of the molecule is COc1ccccc1NC(=O)C(=O)NC(C)C. The van der Waals surface area contributed by atoms with Crippen LogP contribution in [-0.2, 0) is 9.59 Å². The lowest BCUT2D eigenvalue weighted by molar-refractivity contribution is -0.136. The fourth-order valence-corrected chi connectivity index (χ4v) is 1.25. The highest BCUT2D eigenvalue weighted by atomic mass is 16.5. The molecule has 2 amide bonds. The minimum Gasteiger partial charge on any atom is -0.495 e. The van der Waals surface area contributed by atoms with Gasteiger partial charge in [-0.2, -0.15) is 0 Å². The summed E-state index contributed by atoms with van der Waals surface area (Å²) in [5, 5.41) is 5.00. The predicted molar refractivity (Wildman–Crippen MR) is 64.9 cm³/mol. The van der Waals surface area contributed by atoms with E-state index in [4.69, 9.17) is 4.74 Å². The maximum Gasteiger partial charge on any atom is 0.313 e. The zero-order valence-corrected chi connectivity index (χ0v) is 10.1. The number of hydrogen-bond donors (Lipinski definition) is 2. The zero-order valence-electron chi connectivity index (χ0n) is 10.1. The number of hydrogen-bond acceptors (Lipinski definition) is 3. The van der Waals surface area contributed by atoms with Crippen LogP contribution in [0.5, 0.6) is 5.75 Å². The van der Waals surface area contributed by atoms with E-state index in [1.807, 2.05) is 0 Å². The van der Waals surface area contributed by atoms with E-state index in [0.717, 1.165) is 0 Å². The Kier molecular flexibility index (Phi) is 4.51. The third-order valence-electron chi connectivity index (χ3n) is 1.98. The molecule has 1 aromatic rings. The van der Waals surface area contributed by atoms with Gasteiger partial charge in [-0.1, -0.05) is 12.1 Å². The van der Waals surface area contributed by atoms with Gasteiger partial charge in [-0.15, -0.1) is 0 Å². The Balaban J connectivity index is 2.71. The topological polar surface area (TPSA) is 67.4 Å². The first-order valence-corrected chi connectivity index (χ1v) is 5.29. The molecule has 0 aliphatic carbocycles. The van der Waals surface area contributed by atoms with Crippen LogP contribution in [-0.4, -0.2) is 25.0 Å². The highest BCUT2D eigenvalue weighted by Crippen LogP contribution is 2.22. The first-order valence-electron chi connectivity index (χ1n) is 5.29. The molecule has 5 heteroatoms. The van der Waals surface area contributed by atoms with Crippen molar-refractivity contribution in [1.82, 2.24) is 5.32 Å². The van der Waals surface area contributed by atoms with Crippen molar-refractivity contribution in [3.8, 4) is 5.75 Å². The van der Waals surface area contributed by atoms with Crippen LogP contribution in [0.2, 0.25) is 0 Å². The van der Waals surface area contributed by atoms with Gasteiger partial charge in [-0.05, 0) is 26.0 Å². The van der Waals surface area contributed by atoms with Gasteiger partial charge in [0, 0.05) is 6.04 Å². The smallest absolute Gasteiger partial charge is 0.313 e. The quantitative estimate of drug-likeness (QED) is 0.774. The van der Waals surface area contributed by atoms with E-state index in [1.165, 1.54) is 7.11 Å². The van der Waals surface area contributed by atoms with Crippen LogP contribution < -0.4 is 15.4 Å². The molecule has 0 atom stereocenters. The molecule has 17 heavy (non-hydrogen) atoms. The molecule has 0 saturated carbocycles. The lowest BCUT2D eigenvalue weighted by Crippen LogP contribution is -2.39. The molecule has 1 rings (SSSR count). The van der Waals surface area contributed by atoms with Crippen molar-refractivity contribution < 1.29 is 14.3 Å². The van der Waals surface area contributed by atoms with Crippen molar-refractivity contribution in [2.45, 2.75) is 19.9 Å². The number of rotatable bonds is 3. The van der Waals surface area contributed by atoms with E-state index >= 15 is 0 Å². The first kappa shape index (κ1) is 13.0. The van der Waals surface area contributed by atoms with Crippen LogP contribution in [0.1, 0.15) is 13.8 Å². The number of methoxy groups -OCH3 is 1. The Morgan fingerprint density at radius 2 is 1.82 bits per heavy atom. The van der Waals surface area contributed by atoms with Crippen LogP contribution in [0.25, 0.3) is 0 Å². The molecule has 92 valence electrons. The van der Waals surface area contributed by atoms with Crippen LogP contribution >= 0.6 is 0 Å². The van der Waals surface area contributed by atoms with Gasteiger partial charge in [0.2, 0.25) is 0 Å². The fraction of sp³-hybridized carbons (Fsp3) is 0.333. The van der Waals surface area contributed by atoms with Gasteiger partial charge >= 0.3 is 11.8 Å². The molecule has 0 aliphatic heterocycles. The largest absolute Gasteiger partial charge is 0.495 e. The molecule has 0 aliphatic rings. The lowest BCUT2D eigenvalue weighted by atomic mass is 10.3. The summed E-state index contributed by atoms with van der Waals surface area (Å²) in [5.74, 6) is -0.854. The Morgan fingerprint density at radius 1 is 1.18 bits per heavy atom. The first-order chi connectivity index (χ1) is 8.04. The average Bonchev–Trinajstić information content (AvgIpc) is 2.28. The molecule has 0 radical (unpaired) electrons. The molecule has 0 unspecified atom stereocenters. The van der Waals surface area contributed by atoms with Crippen LogP contribution in [0, 0.1) is 0 Å². The summed E-state index contributed by atoms with van der Waals surface area (Å²) >= 11 is 0. The van der Waals surface area contributed by atoms with Gasteiger partial charge in [0.25, 0.3) is 0 Å². The number of carbonyl (C=O) groups is 2. The standard InChI is InChI=1S/C12H16N2O3/c1-8(2)13-11(15)12(16)14-9-6-4-5-7-10(9)17-3/h4-8H,1-3H3,(H,13,15)(H,14,16). The summed E-state index contributed by atoms with van der Waals surface area (Å²) < 4.78 is 5.06. The van der Waals surface area contributed by atoms with Gasteiger partial charge in [-0.3, -0.25) is 9.59 Å². The van der Waals surface area contributed by atoms with Crippen LogP contribution in [0.4, 0.5) is 5.69 Å². The van der Waals surface area contributed by atoms with Crippen LogP contribution in [0.15, 0.2) is 24.3 Å². The second-order valence-electron chi connectivity index (χ2n) is 3.78. The molecular weight excluding hydrogens is 220 g/mol. The number of anilines is 1. The molecule has 2 N–H and O–H groups in total. The minimum atomic E-state index is -0.705. The Labute approximate surface area is 100 Å². The van der Waals surface area contributed by atoms with Gasteiger partial charge in [0.05, 0.1) is 12.8 Å². The second kappa shape index (κ2) is 5.89. The Bertz CT molecular complexity index is 416. The summed E-state index contributed by atoms with van der Waals surface area (Å²) in [5.41, 5.74) is 0.471. The molecule has 0 spiro atoms. The summed E-state index contributed by atoms with van der Waals surface area (Å²) in [6.07, 6.45) is 0. The maximum absolute atomic E-state index is 11.5. The number of benzene rings is 1. The summed E-state index contributed by atoms with van der Waals surface area (Å²) in [6, 6.07) is 6.82. The van der Waals surface area contributed by atoms with E-state index < -0.39 is 11.8 Å². The monoisotopic (exact) mass is 236 g/mol. The third kappa shape index (κ3) is 3.79. The highest BCUT2D eigenvalue weighted by Gasteiger charge is 2.15. The second-order valence-corrected chi connectivity index (χ2v) is 3.78. The Hall–Kier alpha value is -2.04. The maximum atomic E-state index is 11.5. The molecule has 0 aromatic heterocycles. The van der Waals surface area contributed by atoms with Crippen molar-refractivity contribution >= 4 is 17.5 Å². The highest BCUT2D eigenvalue weighted by molar-refractivity contribution is 6.39. The van der Waals surface area contributed by atoms with Crippen molar-refractivity contribution in [3.63, 3.8) is 0 Å². The van der Waals surface area contributed by atoms with E-state index in [0.29, 0.717) is 11.4 Å². The normalized spacial score (nSPS) is 9.88. The Morgan fingerprint density at radius 3 is 2.41 bits per heavy atom. The van der Waals surface area contributed by atoms with Crippen molar-refractivity contribution in [2.24, 2.45) is 0 Å². The fourth-order valence-electron chi connectivity index (χ4n) is 1.25. The van der Waals surface area contributed by atoms with E-state index in [-0.39, 0.29) is 6.04 Å². The lowest BCUT2D eigenvalue weighted by Gasteiger charge is -2.11. The van der Waals surface area contributed by atoms with Crippen molar-refractivity contribution in [3.05, 3.63) is 24.3 Å². The molecule has 0 fully saturated rings. The van der Waals surface area contributed by atoms with E-state index in [9.17, 15) is 9.59 Å². The van der Waals surface area contributed by atoms with Gasteiger partial charge in [0.15, 0.2) is 0 Å². The molecule has 0 saturated heterocycles. The number of carbonyl (C=O) groups excluding carboxylic acids is 2. The number of ether oxygens (including phenoxy) is 1.